The van der Waals surface area contributed by atoms with Gasteiger partial charge in [-0.15, -0.1) is 0 Å². The summed E-state index contributed by atoms with van der Waals surface area (Å²) in [6.07, 6.45) is 1.74. The largest absolute Gasteiger partial charge is 0.497 e. The molecule has 0 N–H and O–H groups in total. The van der Waals surface area contributed by atoms with Crippen LogP contribution in [0.2, 0.25) is 0 Å². The van der Waals surface area contributed by atoms with Gasteiger partial charge >= 0.3 is 0 Å². The van der Waals surface area contributed by atoms with Gasteiger partial charge in [0.15, 0.2) is 5.82 Å². The molecule has 30 heavy (non-hydrogen) atoms. The first-order chi connectivity index (χ1) is 14.6. The summed E-state index contributed by atoms with van der Waals surface area (Å²) in [4.78, 5) is 18.1. The van der Waals surface area contributed by atoms with Gasteiger partial charge in [-0.25, -0.2) is 4.98 Å². The van der Waals surface area contributed by atoms with E-state index < -0.39 is 0 Å². The Morgan fingerprint density at radius 1 is 0.933 bits per heavy atom. The predicted octanol–water partition coefficient (Wildman–Crippen LogP) is 4.35. The van der Waals surface area contributed by atoms with Gasteiger partial charge in [0.1, 0.15) is 5.75 Å². The number of methoxy groups -OCH3 is 1. The van der Waals surface area contributed by atoms with Gasteiger partial charge in [-0.3, -0.25) is 4.79 Å². The third kappa shape index (κ3) is 2.69. The van der Waals surface area contributed by atoms with Crippen LogP contribution in [0.25, 0.3) is 33.2 Å². The van der Waals surface area contributed by atoms with Crippen molar-refractivity contribution in [1.82, 2.24) is 19.3 Å². The molecular weight excluding hydrogens is 376 g/mol. The molecule has 0 spiro atoms. The molecule has 0 atom stereocenters. The minimum Gasteiger partial charge on any atom is -0.497 e. The number of para-hydroxylation sites is 1. The Kier molecular flexibility index (Phi) is 4.13. The molecule has 0 saturated heterocycles. The Bertz CT molecular complexity index is 1480. The van der Waals surface area contributed by atoms with E-state index in [9.17, 15) is 4.79 Å². The van der Waals surface area contributed by atoms with Crippen LogP contribution in [-0.4, -0.2) is 26.4 Å². The molecule has 148 valence electrons. The molecule has 0 amide bonds. The zero-order valence-corrected chi connectivity index (χ0v) is 17.0. The predicted molar refractivity (Wildman–Crippen MR) is 118 cm³/mol. The van der Waals surface area contributed by atoms with Gasteiger partial charge in [-0.2, -0.15) is 9.78 Å². The van der Waals surface area contributed by atoms with Crippen molar-refractivity contribution in [2.45, 2.75) is 13.8 Å². The van der Waals surface area contributed by atoms with Crippen LogP contribution in [0.15, 0.2) is 71.7 Å². The zero-order valence-electron chi connectivity index (χ0n) is 17.0. The highest BCUT2D eigenvalue weighted by molar-refractivity contribution is 5.88. The molecule has 3 aromatic heterocycles. The van der Waals surface area contributed by atoms with Crippen molar-refractivity contribution in [2.24, 2.45) is 0 Å². The summed E-state index contributed by atoms with van der Waals surface area (Å²) in [5, 5.41) is 6.92. The van der Waals surface area contributed by atoms with Crippen molar-refractivity contribution >= 4 is 21.7 Å². The van der Waals surface area contributed by atoms with Crippen molar-refractivity contribution in [3.05, 3.63) is 88.6 Å². The maximum atomic E-state index is 13.4. The second-order valence-corrected chi connectivity index (χ2v) is 7.22. The Labute approximate surface area is 173 Å². The van der Waals surface area contributed by atoms with E-state index in [2.05, 4.69) is 14.6 Å². The molecule has 0 aliphatic heterocycles. The SMILES string of the molecule is COc1cccc(-n2c(C)c3cnn(-c4ccc5ccccc5n4)c(=O)c3c2C)c1. The minimum atomic E-state index is -0.183. The van der Waals surface area contributed by atoms with Crippen LogP contribution in [0.1, 0.15) is 11.4 Å². The van der Waals surface area contributed by atoms with Crippen molar-refractivity contribution in [3.8, 4) is 17.3 Å². The van der Waals surface area contributed by atoms with E-state index in [0.29, 0.717) is 11.2 Å². The molecule has 0 saturated carbocycles. The number of ether oxygens (including phenoxy) is 1. The van der Waals surface area contributed by atoms with Gasteiger partial charge in [0.05, 0.1) is 24.2 Å². The number of rotatable bonds is 3. The number of fused-ring (bicyclic) bond motifs is 2. The third-order valence-corrected chi connectivity index (χ3v) is 5.51. The number of hydrogen-bond acceptors (Lipinski definition) is 4. The fourth-order valence-electron chi connectivity index (χ4n) is 4.03. The van der Waals surface area contributed by atoms with Crippen LogP contribution in [0.5, 0.6) is 5.75 Å². The first kappa shape index (κ1) is 18.1. The van der Waals surface area contributed by atoms with Crippen LogP contribution >= 0.6 is 0 Å². The lowest BCUT2D eigenvalue weighted by atomic mass is 10.2. The van der Waals surface area contributed by atoms with Gasteiger partial charge in [0, 0.05) is 33.9 Å². The number of aromatic nitrogens is 4. The summed E-state index contributed by atoms with van der Waals surface area (Å²) < 4.78 is 8.80. The highest BCUT2D eigenvalue weighted by Crippen LogP contribution is 2.28. The van der Waals surface area contributed by atoms with Crippen molar-refractivity contribution in [3.63, 3.8) is 0 Å². The first-order valence-corrected chi connectivity index (χ1v) is 9.69. The van der Waals surface area contributed by atoms with Crippen LogP contribution < -0.4 is 10.3 Å². The van der Waals surface area contributed by atoms with E-state index in [4.69, 9.17) is 4.74 Å². The third-order valence-electron chi connectivity index (χ3n) is 5.51. The van der Waals surface area contributed by atoms with Crippen LogP contribution in [0.3, 0.4) is 0 Å². The molecule has 3 heterocycles. The van der Waals surface area contributed by atoms with Crippen LogP contribution in [0, 0.1) is 13.8 Å². The van der Waals surface area contributed by atoms with E-state index in [1.807, 2.05) is 74.5 Å². The number of benzene rings is 2. The Morgan fingerprint density at radius 3 is 2.60 bits per heavy atom. The molecule has 0 bridgehead atoms. The van der Waals surface area contributed by atoms with E-state index in [1.54, 1.807) is 13.3 Å². The topological polar surface area (TPSA) is 61.9 Å². The highest BCUT2D eigenvalue weighted by Gasteiger charge is 2.18. The lowest BCUT2D eigenvalue weighted by Gasteiger charge is -2.10. The molecule has 0 aliphatic carbocycles. The van der Waals surface area contributed by atoms with Crippen molar-refractivity contribution in [1.29, 1.82) is 0 Å². The molecule has 2 aromatic carbocycles. The fourth-order valence-corrected chi connectivity index (χ4v) is 4.03. The Morgan fingerprint density at radius 2 is 1.77 bits per heavy atom. The van der Waals surface area contributed by atoms with Gasteiger partial charge in [-0.05, 0) is 44.2 Å². The molecule has 0 aliphatic rings. The summed E-state index contributed by atoms with van der Waals surface area (Å²) in [6.45, 7) is 3.95. The normalized spacial score (nSPS) is 11.3. The fraction of sp³-hybridized carbons (Fsp3) is 0.125. The molecule has 0 fully saturated rings. The number of hydrogen-bond donors (Lipinski definition) is 0. The summed E-state index contributed by atoms with van der Waals surface area (Å²) in [5.41, 5.74) is 3.40. The summed E-state index contributed by atoms with van der Waals surface area (Å²) in [6, 6.07) is 19.4. The number of pyridine rings is 1. The molecular formula is C24H20N4O2. The van der Waals surface area contributed by atoms with Gasteiger partial charge in [0.25, 0.3) is 5.56 Å². The lowest BCUT2D eigenvalue weighted by molar-refractivity contribution is 0.414. The molecule has 5 aromatic rings. The monoisotopic (exact) mass is 396 g/mol. The van der Waals surface area contributed by atoms with Crippen LogP contribution in [-0.2, 0) is 0 Å². The van der Waals surface area contributed by atoms with Gasteiger partial charge in [-0.1, -0.05) is 24.3 Å². The van der Waals surface area contributed by atoms with Gasteiger partial charge < -0.3 is 9.30 Å². The van der Waals surface area contributed by atoms with Gasteiger partial charge in [0.2, 0.25) is 0 Å². The Balaban J connectivity index is 1.74. The zero-order chi connectivity index (χ0) is 20.8. The van der Waals surface area contributed by atoms with Crippen LogP contribution in [0.4, 0.5) is 0 Å². The maximum Gasteiger partial charge on any atom is 0.282 e. The average Bonchev–Trinajstić information content (AvgIpc) is 3.04. The van der Waals surface area contributed by atoms with E-state index in [0.717, 1.165) is 39.1 Å². The van der Waals surface area contributed by atoms with Crippen molar-refractivity contribution < 1.29 is 4.74 Å². The molecule has 0 unspecified atom stereocenters. The lowest BCUT2D eigenvalue weighted by Crippen LogP contribution is -2.22. The summed E-state index contributed by atoms with van der Waals surface area (Å²) in [7, 11) is 1.64. The second-order valence-electron chi connectivity index (χ2n) is 7.22. The quantitative estimate of drug-likeness (QED) is 0.455. The number of aryl methyl sites for hydroxylation is 2. The van der Waals surface area contributed by atoms with E-state index in [-0.39, 0.29) is 5.56 Å². The molecule has 5 rings (SSSR count). The maximum absolute atomic E-state index is 13.4. The second kappa shape index (κ2) is 6.84. The smallest absolute Gasteiger partial charge is 0.282 e. The first-order valence-electron chi connectivity index (χ1n) is 9.69. The Hall–Kier alpha value is -3.93. The van der Waals surface area contributed by atoms with E-state index in [1.165, 1.54) is 4.68 Å². The molecule has 0 radical (unpaired) electrons. The summed E-state index contributed by atoms with van der Waals surface area (Å²) in [5.74, 6) is 1.27. The van der Waals surface area contributed by atoms with E-state index >= 15 is 0 Å². The minimum absolute atomic E-state index is 0.183. The average molecular weight is 396 g/mol. The highest BCUT2D eigenvalue weighted by atomic mass is 16.5. The molecule has 6 nitrogen and oxygen atoms in total. The van der Waals surface area contributed by atoms with Crippen molar-refractivity contribution in [2.75, 3.05) is 7.11 Å². The summed E-state index contributed by atoms with van der Waals surface area (Å²) >= 11 is 0. The number of nitrogens with zero attached hydrogens (tertiary/aromatic N) is 4. The molecule has 6 heteroatoms. The standard InChI is InChI=1S/C24H20N4O2/c1-15-20-14-25-28(22-12-11-17-7-4-5-10-21(17)26-22)24(29)23(20)16(2)27(15)18-8-6-9-19(13-18)30-3/h4-14H,1-3H3.